The minimum Gasteiger partial charge on any atom is -0.479 e. The summed E-state index contributed by atoms with van der Waals surface area (Å²) in [6.45, 7) is 1.74. The van der Waals surface area contributed by atoms with Gasteiger partial charge >= 0.3 is 11.9 Å². The van der Waals surface area contributed by atoms with Gasteiger partial charge in [0.05, 0.1) is 4.92 Å². The Morgan fingerprint density at radius 1 is 1.12 bits per heavy atom. The number of hydrogen-bond acceptors (Lipinski definition) is 7. The molecule has 1 aliphatic rings. The van der Waals surface area contributed by atoms with Gasteiger partial charge in [0.1, 0.15) is 0 Å². The molecule has 5 N–H and O–H groups in total. The van der Waals surface area contributed by atoms with Crippen LogP contribution in [0.25, 0.3) is 0 Å². The first-order chi connectivity index (χ1) is 11.2. The van der Waals surface area contributed by atoms with E-state index in [1.54, 1.807) is 12.1 Å². The molecule has 2 unspecified atom stereocenters. The maximum absolute atomic E-state index is 10.6. The van der Waals surface area contributed by atoms with Crippen LogP contribution in [0.3, 0.4) is 0 Å². The molecule has 0 aromatic heterocycles. The number of hydrogen-bond donors (Lipinski definition) is 5. The summed E-state index contributed by atoms with van der Waals surface area (Å²) < 4.78 is 0. The van der Waals surface area contributed by atoms with E-state index in [0.717, 1.165) is 31.5 Å². The zero-order valence-electron chi connectivity index (χ0n) is 12.6. The van der Waals surface area contributed by atoms with E-state index >= 15 is 0 Å². The molecule has 2 atom stereocenters. The minimum absolute atomic E-state index is 0.187. The van der Waals surface area contributed by atoms with Crippen LogP contribution in [0.4, 0.5) is 5.69 Å². The van der Waals surface area contributed by atoms with Crippen molar-refractivity contribution >= 4 is 17.6 Å². The monoisotopic (exact) mass is 342 g/mol. The van der Waals surface area contributed by atoms with Crippen LogP contribution in [0.2, 0.25) is 0 Å². The van der Waals surface area contributed by atoms with E-state index in [2.05, 4.69) is 5.32 Å². The molecule has 0 saturated carbocycles. The Bertz CT molecular complexity index is 601. The fourth-order valence-electron chi connectivity index (χ4n) is 2.03. The smallest absolute Gasteiger partial charge is 0.335 e. The number of benzene rings is 1. The number of aryl methyl sites for hydroxylation is 1. The van der Waals surface area contributed by atoms with Crippen LogP contribution in [0.1, 0.15) is 17.5 Å². The molecule has 10 nitrogen and oxygen atoms in total. The summed E-state index contributed by atoms with van der Waals surface area (Å²) in [5, 5.41) is 46.3. The molecule has 0 spiro atoms. The van der Waals surface area contributed by atoms with Crippen molar-refractivity contribution < 1.29 is 34.9 Å². The standard InChI is InChI=1S/C10H12N2O2.C4H6O6/c13-12(14)10-4-3-8-2-1-5-11-7-9(8)6-10;5-1(3(7)8)2(6)4(9)10/h3-4,6,11H,1-2,5,7H2;1-2,5-6H,(H,7,8)(H,9,10). The van der Waals surface area contributed by atoms with Crippen molar-refractivity contribution in [2.45, 2.75) is 31.6 Å². The van der Waals surface area contributed by atoms with E-state index in [4.69, 9.17) is 20.4 Å². The number of carbonyl (C=O) groups is 2. The van der Waals surface area contributed by atoms with Crippen molar-refractivity contribution in [2.24, 2.45) is 0 Å². The topological polar surface area (TPSA) is 170 Å². The first-order valence-corrected chi connectivity index (χ1v) is 7.02. The van der Waals surface area contributed by atoms with Crippen LogP contribution in [-0.4, -0.2) is 56.0 Å². The van der Waals surface area contributed by atoms with E-state index < -0.39 is 24.1 Å². The van der Waals surface area contributed by atoms with Gasteiger partial charge in [0, 0.05) is 18.7 Å². The van der Waals surface area contributed by atoms with Crippen LogP contribution in [0.15, 0.2) is 18.2 Å². The second-order valence-electron chi connectivity index (χ2n) is 5.06. The third-order valence-corrected chi connectivity index (χ3v) is 3.32. The van der Waals surface area contributed by atoms with E-state index in [1.165, 1.54) is 5.56 Å². The molecule has 1 heterocycles. The number of rotatable bonds is 4. The largest absolute Gasteiger partial charge is 0.479 e. The molecule has 0 amide bonds. The number of nitro groups is 1. The number of nitrogens with zero attached hydrogens (tertiary/aromatic N) is 1. The lowest BCUT2D eigenvalue weighted by Gasteiger charge is -2.07. The highest BCUT2D eigenvalue weighted by atomic mass is 16.6. The van der Waals surface area contributed by atoms with Gasteiger partial charge < -0.3 is 25.7 Å². The lowest BCUT2D eigenvalue weighted by molar-refractivity contribution is -0.384. The van der Waals surface area contributed by atoms with Crippen LogP contribution < -0.4 is 5.32 Å². The molecule has 1 aromatic carbocycles. The predicted octanol–water partition coefficient (Wildman–Crippen LogP) is -0.492. The third kappa shape index (κ3) is 5.57. The Labute approximate surface area is 136 Å². The summed E-state index contributed by atoms with van der Waals surface area (Å²) in [5.41, 5.74) is 2.49. The Kier molecular flexibility index (Phi) is 7.24. The summed E-state index contributed by atoms with van der Waals surface area (Å²) in [6.07, 6.45) is -2.42. The average molecular weight is 342 g/mol. The maximum atomic E-state index is 10.6. The summed E-state index contributed by atoms with van der Waals surface area (Å²) in [7, 11) is 0. The van der Waals surface area contributed by atoms with Gasteiger partial charge in [0.25, 0.3) is 5.69 Å². The van der Waals surface area contributed by atoms with E-state index in [0.29, 0.717) is 0 Å². The minimum atomic E-state index is -2.27. The van der Waals surface area contributed by atoms with Gasteiger partial charge in [-0.3, -0.25) is 10.1 Å². The number of non-ortho nitro benzene ring substituents is 1. The first kappa shape index (κ1) is 19.5. The van der Waals surface area contributed by atoms with Crippen LogP contribution in [-0.2, 0) is 22.6 Å². The predicted molar refractivity (Wildman–Crippen MR) is 80.4 cm³/mol. The number of nitro benzene ring substituents is 1. The lowest BCUT2D eigenvalue weighted by atomic mass is 10.0. The fraction of sp³-hybridized carbons (Fsp3) is 0.429. The zero-order valence-corrected chi connectivity index (χ0v) is 12.6. The Morgan fingerprint density at radius 2 is 1.71 bits per heavy atom. The molecule has 0 fully saturated rings. The van der Waals surface area contributed by atoms with Crippen LogP contribution >= 0.6 is 0 Å². The summed E-state index contributed by atoms with van der Waals surface area (Å²) in [4.78, 5) is 29.8. The van der Waals surface area contributed by atoms with E-state index in [1.807, 2.05) is 6.07 Å². The summed E-state index contributed by atoms with van der Waals surface area (Å²) >= 11 is 0. The molecule has 24 heavy (non-hydrogen) atoms. The summed E-state index contributed by atoms with van der Waals surface area (Å²) in [6, 6.07) is 5.14. The average Bonchev–Trinajstić information content (AvgIpc) is 2.78. The maximum Gasteiger partial charge on any atom is 0.335 e. The highest BCUT2D eigenvalue weighted by Crippen LogP contribution is 2.20. The molecule has 10 heteroatoms. The fourth-order valence-corrected chi connectivity index (χ4v) is 2.03. The molecular formula is C14H18N2O8. The Balaban J connectivity index is 0.000000257. The second kappa shape index (κ2) is 8.91. The SMILES string of the molecule is O=C(O)C(O)C(O)C(=O)O.O=[N+]([O-])c1ccc2c(c1)CNCCC2. The van der Waals surface area contributed by atoms with Gasteiger partial charge in [-0.15, -0.1) is 0 Å². The highest BCUT2D eigenvalue weighted by molar-refractivity contribution is 5.83. The number of carboxylic acid groups (broad SMARTS) is 2. The van der Waals surface area contributed by atoms with Crippen LogP contribution in [0, 0.1) is 10.1 Å². The molecule has 0 radical (unpaired) electrons. The quantitative estimate of drug-likeness (QED) is 0.357. The Morgan fingerprint density at radius 3 is 2.21 bits per heavy atom. The molecule has 2 rings (SSSR count). The van der Waals surface area contributed by atoms with Crippen molar-refractivity contribution in [1.29, 1.82) is 0 Å². The van der Waals surface area contributed by atoms with Crippen LogP contribution in [0.5, 0.6) is 0 Å². The molecule has 0 saturated heterocycles. The molecular weight excluding hydrogens is 324 g/mol. The number of aliphatic hydroxyl groups excluding tert-OH is 2. The van der Waals surface area contributed by atoms with Crippen molar-refractivity contribution in [3.63, 3.8) is 0 Å². The molecule has 1 aromatic rings. The van der Waals surface area contributed by atoms with Gasteiger partial charge in [-0.05, 0) is 30.5 Å². The lowest BCUT2D eigenvalue weighted by Crippen LogP contribution is -2.39. The van der Waals surface area contributed by atoms with Gasteiger partial charge in [-0.25, -0.2) is 9.59 Å². The highest BCUT2D eigenvalue weighted by Gasteiger charge is 2.29. The number of aliphatic hydroxyl groups is 2. The number of nitrogens with one attached hydrogen (secondary N) is 1. The third-order valence-electron chi connectivity index (χ3n) is 3.32. The van der Waals surface area contributed by atoms with Gasteiger partial charge in [-0.2, -0.15) is 0 Å². The second-order valence-corrected chi connectivity index (χ2v) is 5.06. The van der Waals surface area contributed by atoms with Gasteiger partial charge in [-0.1, -0.05) is 6.07 Å². The van der Waals surface area contributed by atoms with Gasteiger partial charge in [0.15, 0.2) is 12.2 Å². The van der Waals surface area contributed by atoms with Crippen molar-refractivity contribution in [1.82, 2.24) is 5.32 Å². The number of carboxylic acids is 2. The number of fused-ring (bicyclic) bond motifs is 1. The van der Waals surface area contributed by atoms with Gasteiger partial charge in [0.2, 0.25) is 0 Å². The number of aliphatic carboxylic acids is 2. The zero-order chi connectivity index (χ0) is 18.3. The first-order valence-electron chi connectivity index (χ1n) is 7.02. The van der Waals surface area contributed by atoms with Crippen molar-refractivity contribution in [2.75, 3.05) is 6.54 Å². The van der Waals surface area contributed by atoms with Crippen molar-refractivity contribution in [3.05, 3.63) is 39.4 Å². The van der Waals surface area contributed by atoms with Crippen molar-refractivity contribution in [3.8, 4) is 0 Å². The molecule has 0 bridgehead atoms. The summed E-state index contributed by atoms with van der Waals surface area (Å²) in [5.74, 6) is -3.54. The molecule has 1 aliphatic heterocycles. The molecule has 0 aliphatic carbocycles. The normalized spacial score (nSPS) is 15.8. The van der Waals surface area contributed by atoms with E-state index in [-0.39, 0.29) is 10.6 Å². The van der Waals surface area contributed by atoms with E-state index in [9.17, 15) is 19.7 Å². The Hall–Kier alpha value is -2.56. The molecule has 132 valence electrons.